The van der Waals surface area contributed by atoms with Crippen LogP contribution in [0.3, 0.4) is 0 Å². The van der Waals surface area contributed by atoms with E-state index in [2.05, 4.69) is 55.7 Å². The summed E-state index contributed by atoms with van der Waals surface area (Å²) in [4.78, 5) is 10.7. The van der Waals surface area contributed by atoms with Crippen LogP contribution < -0.4 is 0 Å². The maximum atomic E-state index is 4.45. The molecule has 0 aliphatic heterocycles. The molecule has 5 heteroatoms. The lowest BCUT2D eigenvalue weighted by Gasteiger charge is -2.07. The SMILES string of the molecule is Cc1ccc(/N=C/N(C)/C=N/c2ccc(C)cc2Br)c(Br)c1. The van der Waals surface area contributed by atoms with Crippen molar-refractivity contribution in [1.29, 1.82) is 0 Å². The van der Waals surface area contributed by atoms with E-state index in [1.807, 2.05) is 48.3 Å². The molecule has 0 aliphatic rings. The van der Waals surface area contributed by atoms with Crippen LogP contribution in [0.4, 0.5) is 11.4 Å². The molecule has 0 spiro atoms. The third-order valence-electron chi connectivity index (χ3n) is 2.96. The summed E-state index contributed by atoms with van der Waals surface area (Å²) in [7, 11) is 1.90. The number of nitrogens with zero attached hydrogens (tertiary/aromatic N) is 3. The monoisotopic (exact) mass is 421 g/mol. The zero-order chi connectivity index (χ0) is 16.1. The van der Waals surface area contributed by atoms with E-state index in [1.54, 1.807) is 12.7 Å². The molecule has 0 saturated heterocycles. The van der Waals surface area contributed by atoms with Gasteiger partial charge in [-0.1, -0.05) is 12.1 Å². The Morgan fingerprint density at radius 3 is 1.59 bits per heavy atom. The minimum Gasteiger partial charge on any atom is -0.326 e. The molecule has 2 aromatic rings. The van der Waals surface area contributed by atoms with Crippen LogP contribution in [0.15, 0.2) is 55.3 Å². The van der Waals surface area contributed by atoms with Crippen molar-refractivity contribution < 1.29 is 0 Å². The highest BCUT2D eigenvalue weighted by atomic mass is 79.9. The van der Waals surface area contributed by atoms with Crippen molar-refractivity contribution in [2.24, 2.45) is 9.98 Å². The van der Waals surface area contributed by atoms with Gasteiger partial charge >= 0.3 is 0 Å². The van der Waals surface area contributed by atoms with Crippen molar-refractivity contribution in [1.82, 2.24) is 4.90 Å². The van der Waals surface area contributed by atoms with Gasteiger partial charge in [0.05, 0.1) is 24.1 Å². The molecule has 114 valence electrons. The normalized spacial score (nSPS) is 11.5. The quantitative estimate of drug-likeness (QED) is 0.453. The molecule has 0 N–H and O–H groups in total. The molecule has 0 bridgehead atoms. The first kappa shape index (κ1) is 16.9. The van der Waals surface area contributed by atoms with Gasteiger partial charge in [-0.3, -0.25) is 0 Å². The highest BCUT2D eigenvalue weighted by Gasteiger charge is 1.99. The molecular formula is C17H17Br2N3. The number of aryl methyl sites for hydroxylation is 2. The maximum absolute atomic E-state index is 4.45. The Morgan fingerprint density at radius 2 is 1.23 bits per heavy atom. The Hall–Kier alpha value is -1.46. The molecule has 0 saturated carbocycles. The summed E-state index contributed by atoms with van der Waals surface area (Å²) in [5.74, 6) is 0. The van der Waals surface area contributed by atoms with E-state index in [9.17, 15) is 0 Å². The van der Waals surface area contributed by atoms with Gasteiger partial charge in [0.2, 0.25) is 0 Å². The van der Waals surface area contributed by atoms with Crippen LogP contribution in [0.25, 0.3) is 0 Å². The van der Waals surface area contributed by atoms with Crippen molar-refractivity contribution in [3.05, 3.63) is 56.5 Å². The lowest BCUT2D eigenvalue weighted by molar-refractivity contribution is 0.802. The fourth-order valence-electron chi connectivity index (χ4n) is 1.77. The second-order valence-corrected chi connectivity index (χ2v) is 6.77. The molecule has 0 atom stereocenters. The predicted molar refractivity (Wildman–Crippen MR) is 102 cm³/mol. The zero-order valence-corrected chi connectivity index (χ0v) is 15.9. The molecule has 0 radical (unpaired) electrons. The third-order valence-corrected chi connectivity index (χ3v) is 4.23. The van der Waals surface area contributed by atoms with Gasteiger partial charge in [-0.05, 0) is 81.1 Å². The Morgan fingerprint density at radius 1 is 0.818 bits per heavy atom. The minimum absolute atomic E-state index is 0.891. The summed E-state index contributed by atoms with van der Waals surface area (Å²) in [6.45, 7) is 4.10. The number of aliphatic imine (C=N–C) groups is 2. The van der Waals surface area contributed by atoms with Crippen molar-refractivity contribution in [2.45, 2.75) is 13.8 Å². The van der Waals surface area contributed by atoms with Gasteiger partial charge < -0.3 is 4.90 Å². The van der Waals surface area contributed by atoms with Gasteiger partial charge in [0, 0.05) is 16.0 Å². The largest absolute Gasteiger partial charge is 0.326 e. The molecule has 0 fully saturated rings. The molecule has 0 amide bonds. The van der Waals surface area contributed by atoms with E-state index < -0.39 is 0 Å². The van der Waals surface area contributed by atoms with E-state index in [1.165, 1.54) is 11.1 Å². The van der Waals surface area contributed by atoms with Crippen LogP contribution in [-0.4, -0.2) is 24.6 Å². The fraction of sp³-hybridized carbons (Fsp3) is 0.176. The summed E-state index contributed by atoms with van der Waals surface area (Å²) in [6.07, 6.45) is 3.47. The third kappa shape index (κ3) is 4.78. The standard InChI is InChI=1S/C17H17Br2N3/c1-12-4-6-16(14(18)8-12)20-10-22(3)11-21-17-7-5-13(2)9-15(17)19/h4-11H,1-3H3/b20-10+,21-11+. The van der Waals surface area contributed by atoms with Gasteiger partial charge in [-0.15, -0.1) is 0 Å². The van der Waals surface area contributed by atoms with Crippen molar-refractivity contribution in [3.63, 3.8) is 0 Å². The van der Waals surface area contributed by atoms with Crippen molar-refractivity contribution in [2.75, 3.05) is 7.05 Å². The van der Waals surface area contributed by atoms with Gasteiger partial charge in [0.25, 0.3) is 0 Å². The first-order valence-corrected chi connectivity index (χ1v) is 8.37. The zero-order valence-electron chi connectivity index (χ0n) is 12.7. The predicted octanol–water partition coefficient (Wildman–Crippen LogP) is 5.78. The average Bonchev–Trinajstić information content (AvgIpc) is 2.45. The van der Waals surface area contributed by atoms with Crippen LogP contribution in [0.2, 0.25) is 0 Å². The minimum atomic E-state index is 0.891. The van der Waals surface area contributed by atoms with Gasteiger partial charge in [0.1, 0.15) is 0 Å². The van der Waals surface area contributed by atoms with Gasteiger partial charge in [-0.2, -0.15) is 0 Å². The smallest absolute Gasteiger partial charge is 0.0961 e. The Labute approximate surface area is 148 Å². The highest BCUT2D eigenvalue weighted by molar-refractivity contribution is 9.11. The molecule has 22 heavy (non-hydrogen) atoms. The molecule has 0 unspecified atom stereocenters. The summed E-state index contributed by atoms with van der Waals surface area (Å²) in [6, 6.07) is 12.1. The van der Waals surface area contributed by atoms with E-state index in [-0.39, 0.29) is 0 Å². The lowest BCUT2D eigenvalue weighted by atomic mass is 10.2. The molecule has 2 rings (SSSR count). The molecule has 0 aromatic heterocycles. The highest BCUT2D eigenvalue weighted by Crippen LogP contribution is 2.26. The van der Waals surface area contributed by atoms with Gasteiger partial charge in [0.15, 0.2) is 0 Å². The van der Waals surface area contributed by atoms with E-state index >= 15 is 0 Å². The van der Waals surface area contributed by atoms with Crippen LogP contribution in [0.5, 0.6) is 0 Å². The molecule has 2 aromatic carbocycles. The Bertz CT molecular complexity index is 662. The van der Waals surface area contributed by atoms with Crippen molar-refractivity contribution >= 4 is 55.9 Å². The Kier molecular flexibility index (Phi) is 5.91. The van der Waals surface area contributed by atoms with Crippen LogP contribution in [0.1, 0.15) is 11.1 Å². The number of hydrogen-bond acceptors (Lipinski definition) is 2. The number of hydrogen-bond donors (Lipinski definition) is 0. The second-order valence-electron chi connectivity index (χ2n) is 5.06. The molecule has 3 nitrogen and oxygen atoms in total. The molecule has 0 heterocycles. The van der Waals surface area contributed by atoms with E-state index in [4.69, 9.17) is 0 Å². The van der Waals surface area contributed by atoms with Crippen molar-refractivity contribution in [3.8, 4) is 0 Å². The summed E-state index contributed by atoms with van der Waals surface area (Å²) < 4.78 is 1.96. The first-order chi connectivity index (χ1) is 10.5. The topological polar surface area (TPSA) is 28.0 Å². The van der Waals surface area contributed by atoms with Crippen LogP contribution >= 0.6 is 31.9 Å². The van der Waals surface area contributed by atoms with Gasteiger partial charge in [-0.25, -0.2) is 9.98 Å². The van der Waals surface area contributed by atoms with E-state index in [0.29, 0.717) is 0 Å². The fourth-order valence-corrected chi connectivity index (χ4v) is 2.96. The van der Waals surface area contributed by atoms with Crippen LogP contribution in [0, 0.1) is 13.8 Å². The molecule has 0 aliphatic carbocycles. The lowest BCUT2D eigenvalue weighted by Crippen LogP contribution is -2.12. The number of halogens is 2. The first-order valence-electron chi connectivity index (χ1n) is 6.78. The number of rotatable bonds is 4. The van der Waals surface area contributed by atoms with Crippen LogP contribution in [-0.2, 0) is 0 Å². The second kappa shape index (κ2) is 7.70. The summed E-state index contributed by atoms with van der Waals surface area (Å²) in [5, 5.41) is 0. The average molecular weight is 423 g/mol. The molecular weight excluding hydrogens is 406 g/mol. The van der Waals surface area contributed by atoms with E-state index in [0.717, 1.165) is 20.3 Å². The number of benzene rings is 2. The maximum Gasteiger partial charge on any atom is 0.0961 e. The summed E-state index contributed by atoms with van der Waals surface area (Å²) >= 11 is 7.03. The summed E-state index contributed by atoms with van der Waals surface area (Å²) in [5.41, 5.74) is 4.18. The Balaban J connectivity index is 2.07.